The number of benzene rings is 1. The van der Waals surface area contributed by atoms with Crippen molar-refractivity contribution in [1.29, 1.82) is 0 Å². The average Bonchev–Trinajstić information content (AvgIpc) is 3.09. The van der Waals surface area contributed by atoms with Crippen molar-refractivity contribution < 1.29 is 13.2 Å². The van der Waals surface area contributed by atoms with Crippen LogP contribution in [0.1, 0.15) is 5.56 Å². The molecule has 2 aromatic rings. The zero-order valence-corrected chi connectivity index (χ0v) is 15.1. The Hall–Kier alpha value is -1.45. The van der Waals surface area contributed by atoms with Gasteiger partial charge in [0.2, 0.25) is 0 Å². The molecule has 8 heteroatoms. The molecule has 2 N–H and O–H groups in total. The normalized spacial score (nSPS) is 17.1. The first-order chi connectivity index (χ1) is 11.5. The van der Waals surface area contributed by atoms with Gasteiger partial charge in [-0.25, -0.2) is 5.14 Å². The van der Waals surface area contributed by atoms with E-state index in [9.17, 15) is 8.42 Å². The first kappa shape index (κ1) is 17.4. The predicted octanol–water partition coefficient (Wildman–Crippen LogP) is 1.74. The Balaban J connectivity index is 1.72. The van der Waals surface area contributed by atoms with Gasteiger partial charge in [0.05, 0.1) is 7.11 Å². The number of methoxy groups -OCH3 is 1. The smallest absolute Gasteiger partial charge is 0.276 e. The number of ether oxygens (including phenoxy) is 1. The van der Waals surface area contributed by atoms with Gasteiger partial charge in [-0.3, -0.25) is 4.90 Å². The second kappa shape index (κ2) is 7.20. The lowest BCUT2D eigenvalue weighted by molar-refractivity contribution is 0.181. The van der Waals surface area contributed by atoms with Gasteiger partial charge in [-0.1, -0.05) is 6.07 Å². The molecule has 1 aliphatic heterocycles. The van der Waals surface area contributed by atoms with Crippen LogP contribution in [0, 0.1) is 0 Å². The molecule has 0 aliphatic carbocycles. The van der Waals surface area contributed by atoms with Crippen LogP contribution in [-0.2, 0) is 16.8 Å². The lowest BCUT2D eigenvalue weighted by Crippen LogP contribution is -2.50. The molecular formula is C16H21N3O3S2. The number of nitrogens with two attached hydrogens (primary N) is 1. The fourth-order valence-corrected chi connectivity index (χ4v) is 4.23. The number of nitrogens with zero attached hydrogens (tertiary/aromatic N) is 2. The Morgan fingerprint density at radius 1 is 1.21 bits per heavy atom. The van der Waals surface area contributed by atoms with Gasteiger partial charge in [0.25, 0.3) is 10.2 Å². The van der Waals surface area contributed by atoms with E-state index in [1.54, 1.807) is 18.4 Å². The average molecular weight is 367 g/mol. The van der Waals surface area contributed by atoms with Crippen LogP contribution in [0.4, 0.5) is 0 Å². The van der Waals surface area contributed by atoms with Gasteiger partial charge in [-0.2, -0.15) is 24.1 Å². The zero-order chi connectivity index (χ0) is 17.2. The SMILES string of the molecule is COc1ccc(CN2CCN(S(N)(=O)=O)CC2)cc1-c1ccsc1. The van der Waals surface area contributed by atoms with E-state index in [-0.39, 0.29) is 0 Å². The Morgan fingerprint density at radius 3 is 2.54 bits per heavy atom. The third kappa shape index (κ3) is 3.96. The van der Waals surface area contributed by atoms with Gasteiger partial charge >= 0.3 is 0 Å². The second-order valence-corrected chi connectivity index (χ2v) is 8.09. The first-order valence-electron chi connectivity index (χ1n) is 7.67. The maximum atomic E-state index is 11.4. The van der Waals surface area contributed by atoms with E-state index in [1.165, 1.54) is 9.87 Å². The molecule has 0 amide bonds. The standard InChI is InChI=1S/C16H21N3O3S2/c1-22-16-3-2-13(10-15(16)14-4-9-23-12-14)11-18-5-7-19(8-6-18)24(17,20)21/h2-4,9-10,12H,5-8,11H2,1H3,(H2,17,20,21). The fourth-order valence-electron chi connectivity index (χ4n) is 2.90. The molecule has 1 saturated heterocycles. The van der Waals surface area contributed by atoms with Crippen molar-refractivity contribution in [2.45, 2.75) is 6.54 Å². The van der Waals surface area contributed by atoms with Crippen molar-refractivity contribution in [2.75, 3.05) is 33.3 Å². The van der Waals surface area contributed by atoms with Crippen LogP contribution < -0.4 is 9.88 Å². The number of hydrogen-bond acceptors (Lipinski definition) is 5. The third-order valence-corrected chi connectivity index (χ3v) is 5.96. The zero-order valence-electron chi connectivity index (χ0n) is 13.5. The van der Waals surface area contributed by atoms with Crippen LogP contribution in [0.3, 0.4) is 0 Å². The molecule has 0 atom stereocenters. The molecule has 130 valence electrons. The Morgan fingerprint density at radius 2 is 1.96 bits per heavy atom. The predicted molar refractivity (Wildman–Crippen MR) is 96.3 cm³/mol. The van der Waals surface area contributed by atoms with Crippen molar-refractivity contribution in [1.82, 2.24) is 9.21 Å². The highest BCUT2D eigenvalue weighted by Crippen LogP contribution is 2.32. The van der Waals surface area contributed by atoms with E-state index in [2.05, 4.69) is 28.5 Å². The van der Waals surface area contributed by atoms with Crippen molar-refractivity contribution in [3.05, 3.63) is 40.6 Å². The fraction of sp³-hybridized carbons (Fsp3) is 0.375. The maximum Gasteiger partial charge on any atom is 0.276 e. The summed E-state index contributed by atoms with van der Waals surface area (Å²) in [5.41, 5.74) is 3.42. The van der Waals surface area contributed by atoms with Crippen LogP contribution >= 0.6 is 11.3 Å². The van der Waals surface area contributed by atoms with Crippen molar-refractivity contribution >= 4 is 21.5 Å². The highest BCUT2D eigenvalue weighted by Gasteiger charge is 2.23. The van der Waals surface area contributed by atoms with Crippen LogP contribution in [-0.4, -0.2) is 50.9 Å². The highest BCUT2D eigenvalue weighted by molar-refractivity contribution is 7.86. The molecule has 1 aromatic carbocycles. The molecule has 0 radical (unpaired) electrons. The van der Waals surface area contributed by atoms with Crippen LogP contribution in [0.2, 0.25) is 0 Å². The molecule has 0 bridgehead atoms. The van der Waals surface area contributed by atoms with Gasteiger partial charge in [0, 0.05) is 38.3 Å². The molecule has 0 saturated carbocycles. The topological polar surface area (TPSA) is 75.9 Å². The van der Waals surface area contributed by atoms with Crippen LogP contribution in [0.15, 0.2) is 35.0 Å². The van der Waals surface area contributed by atoms with Gasteiger partial charge in [0.1, 0.15) is 5.75 Å². The summed E-state index contributed by atoms with van der Waals surface area (Å²) in [7, 11) is -1.90. The minimum atomic E-state index is -3.58. The third-order valence-electron chi connectivity index (χ3n) is 4.19. The number of thiophene rings is 1. The Kier molecular flexibility index (Phi) is 5.21. The van der Waals surface area contributed by atoms with E-state index in [0.717, 1.165) is 23.4 Å². The molecule has 6 nitrogen and oxygen atoms in total. The van der Waals surface area contributed by atoms with E-state index in [0.29, 0.717) is 26.2 Å². The molecule has 2 heterocycles. The van der Waals surface area contributed by atoms with E-state index in [4.69, 9.17) is 9.88 Å². The quantitative estimate of drug-likeness (QED) is 0.873. The van der Waals surface area contributed by atoms with Crippen molar-refractivity contribution in [3.63, 3.8) is 0 Å². The monoisotopic (exact) mass is 367 g/mol. The summed E-state index contributed by atoms with van der Waals surface area (Å²) < 4.78 is 29.5. The molecule has 0 spiro atoms. The minimum absolute atomic E-state index is 0.437. The molecule has 1 fully saturated rings. The molecule has 1 aromatic heterocycles. The van der Waals surface area contributed by atoms with Crippen molar-refractivity contribution in [2.24, 2.45) is 5.14 Å². The van der Waals surface area contributed by atoms with E-state index in [1.807, 2.05) is 11.4 Å². The number of piperazine rings is 1. The summed E-state index contributed by atoms with van der Waals surface area (Å²) in [4.78, 5) is 2.24. The Labute approximate surface area is 146 Å². The molecule has 24 heavy (non-hydrogen) atoms. The summed E-state index contributed by atoms with van der Waals surface area (Å²) in [5.74, 6) is 0.858. The van der Waals surface area contributed by atoms with Gasteiger partial charge in [0.15, 0.2) is 0 Å². The van der Waals surface area contributed by atoms with E-state index < -0.39 is 10.2 Å². The van der Waals surface area contributed by atoms with Crippen molar-refractivity contribution in [3.8, 4) is 16.9 Å². The summed E-state index contributed by atoms with van der Waals surface area (Å²) in [6.07, 6.45) is 0. The summed E-state index contributed by atoms with van der Waals surface area (Å²) >= 11 is 1.66. The second-order valence-electron chi connectivity index (χ2n) is 5.77. The molecule has 1 aliphatic rings. The molecule has 0 unspecified atom stereocenters. The first-order valence-corrected chi connectivity index (χ1v) is 10.1. The van der Waals surface area contributed by atoms with Gasteiger partial charge in [-0.15, -0.1) is 0 Å². The summed E-state index contributed by atoms with van der Waals surface area (Å²) in [6.45, 7) is 3.00. The lowest BCUT2D eigenvalue weighted by atomic mass is 10.0. The minimum Gasteiger partial charge on any atom is -0.496 e. The molecule has 3 rings (SSSR count). The van der Waals surface area contributed by atoms with Crippen LogP contribution in [0.5, 0.6) is 5.75 Å². The molecular weight excluding hydrogens is 346 g/mol. The number of hydrogen-bond donors (Lipinski definition) is 1. The summed E-state index contributed by atoms with van der Waals surface area (Å²) in [5, 5.41) is 9.33. The largest absolute Gasteiger partial charge is 0.496 e. The summed E-state index contributed by atoms with van der Waals surface area (Å²) in [6, 6.07) is 8.27. The van der Waals surface area contributed by atoms with Gasteiger partial charge < -0.3 is 4.74 Å². The van der Waals surface area contributed by atoms with Crippen LogP contribution in [0.25, 0.3) is 11.1 Å². The van der Waals surface area contributed by atoms with E-state index >= 15 is 0 Å². The lowest BCUT2D eigenvalue weighted by Gasteiger charge is -2.33. The van der Waals surface area contributed by atoms with Gasteiger partial charge in [-0.05, 0) is 40.1 Å². The highest BCUT2D eigenvalue weighted by atomic mass is 32.2. The Bertz CT molecular complexity index is 783. The maximum absolute atomic E-state index is 11.4. The number of rotatable bonds is 5.